The normalized spacial score (nSPS) is 9.08. The molecule has 2 radical (unpaired) electrons. The predicted molar refractivity (Wildman–Crippen MR) is 48.3 cm³/mol. The van der Waals surface area contributed by atoms with E-state index in [1.807, 2.05) is 0 Å². The van der Waals surface area contributed by atoms with Crippen molar-refractivity contribution in [2.75, 3.05) is 6.54 Å². The molecule has 0 saturated heterocycles. The van der Waals surface area contributed by atoms with Gasteiger partial charge in [0.1, 0.15) is 0 Å². The number of phenolic OH excluding ortho intramolecular Hbond substituents is 2. The van der Waals surface area contributed by atoms with E-state index < -0.39 is 0 Å². The molecule has 1 rings (SSSR count). The fourth-order valence-corrected chi connectivity index (χ4v) is 0.891. The number of hydrogen-bond donors (Lipinski definition) is 3. The monoisotopic (exact) mass is 177 g/mol. The molecule has 0 fully saturated rings. The standard InChI is InChI=1S/C8H11NO2.Mg/c9-4-3-6-1-2-7(10)8(11)5-6;/h1-2,5,10-11H,3-4,9H2;. The van der Waals surface area contributed by atoms with Crippen LogP contribution in [-0.4, -0.2) is 39.8 Å². The zero-order valence-corrected chi connectivity index (χ0v) is 8.24. The molecule has 0 aliphatic rings. The van der Waals surface area contributed by atoms with Crippen molar-refractivity contribution in [3.8, 4) is 11.5 Å². The molecule has 1 aromatic rings. The summed E-state index contributed by atoms with van der Waals surface area (Å²) in [5, 5.41) is 18.0. The number of benzene rings is 1. The number of rotatable bonds is 2. The number of nitrogens with two attached hydrogens (primary N) is 1. The van der Waals surface area contributed by atoms with Crippen LogP contribution in [-0.2, 0) is 6.42 Å². The third-order valence-electron chi connectivity index (χ3n) is 1.47. The Kier molecular flexibility index (Phi) is 5.04. The quantitative estimate of drug-likeness (QED) is 0.447. The summed E-state index contributed by atoms with van der Waals surface area (Å²) < 4.78 is 0. The lowest BCUT2D eigenvalue weighted by molar-refractivity contribution is 0.403. The second-order valence-electron chi connectivity index (χ2n) is 2.36. The van der Waals surface area contributed by atoms with E-state index in [-0.39, 0.29) is 34.6 Å². The van der Waals surface area contributed by atoms with Crippen molar-refractivity contribution >= 4 is 23.1 Å². The Morgan fingerprint density at radius 2 is 1.83 bits per heavy atom. The number of aromatic hydroxyl groups is 2. The van der Waals surface area contributed by atoms with E-state index in [0.717, 1.165) is 5.56 Å². The molecule has 0 atom stereocenters. The minimum absolute atomic E-state index is 0. The molecule has 0 unspecified atom stereocenters. The van der Waals surface area contributed by atoms with E-state index in [9.17, 15) is 0 Å². The molecule has 0 bridgehead atoms. The Hall–Kier alpha value is -0.454. The van der Waals surface area contributed by atoms with Crippen LogP contribution >= 0.6 is 0 Å². The highest BCUT2D eigenvalue weighted by atomic mass is 24.3. The average molecular weight is 177 g/mol. The van der Waals surface area contributed by atoms with Crippen molar-refractivity contribution in [1.29, 1.82) is 0 Å². The van der Waals surface area contributed by atoms with Crippen molar-refractivity contribution in [3.05, 3.63) is 23.8 Å². The van der Waals surface area contributed by atoms with Gasteiger partial charge < -0.3 is 15.9 Å². The molecule has 0 aromatic heterocycles. The van der Waals surface area contributed by atoms with E-state index in [2.05, 4.69) is 0 Å². The largest absolute Gasteiger partial charge is 0.504 e. The number of phenols is 2. The van der Waals surface area contributed by atoms with Gasteiger partial charge in [0.15, 0.2) is 11.5 Å². The maximum atomic E-state index is 9.04. The molecule has 0 aliphatic carbocycles. The molecule has 62 valence electrons. The van der Waals surface area contributed by atoms with Gasteiger partial charge in [0.05, 0.1) is 0 Å². The van der Waals surface area contributed by atoms with Gasteiger partial charge >= 0.3 is 0 Å². The number of hydrogen-bond acceptors (Lipinski definition) is 3. The van der Waals surface area contributed by atoms with Gasteiger partial charge in [-0.3, -0.25) is 0 Å². The van der Waals surface area contributed by atoms with E-state index in [4.69, 9.17) is 15.9 Å². The van der Waals surface area contributed by atoms with E-state index in [0.29, 0.717) is 13.0 Å². The molecule has 3 nitrogen and oxygen atoms in total. The molecule has 1 aromatic carbocycles. The second-order valence-corrected chi connectivity index (χ2v) is 2.36. The van der Waals surface area contributed by atoms with Crippen molar-refractivity contribution in [2.24, 2.45) is 5.73 Å². The van der Waals surface area contributed by atoms with E-state index in [1.54, 1.807) is 6.07 Å². The van der Waals surface area contributed by atoms with Gasteiger partial charge in [-0.25, -0.2) is 0 Å². The van der Waals surface area contributed by atoms with Crippen LogP contribution in [0, 0.1) is 0 Å². The maximum Gasteiger partial charge on any atom is 0.157 e. The van der Waals surface area contributed by atoms with Crippen LogP contribution in [0.4, 0.5) is 0 Å². The molecule has 4 N–H and O–H groups in total. The average Bonchev–Trinajstić information content (AvgIpc) is 1.98. The predicted octanol–water partition coefficient (Wildman–Crippen LogP) is 0.218. The van der Waals surface area contributed by atoms with Crippen LogP contribution in [0.2, 0.25) is 0 Å². The van der Waals surface area contributed by atoms with E-state index >= 15 is 0 Å². The lowest BCUT2D eigenvalue weighted by Crippen LogP contribution is -2.02. The van der Waals surface area contributed by atoms with Gasteiger partial charge in [0, 0.05) is 23.1 Å². The molecule has 12 heavy (non-hydrogen) atoms. The SMILES string of the molecule is NCCc1ccc(O)c(O)c1.[Mg]. The Bertz CT molecular complexity index is 253. The third-order valence-corrected chi connectivity index (χ3v) is 1.47. The molecule has 0 heterocycles. The van der Waals surface area contributed by atoms with Gasteiger partial charge in [0.25, 0.3) is 0 Å². The smallest absolute Gasteiger partial charge is 0.157 e. The molecule has 0 spiro atoms. The Balaban J connectivity index is 0.00000121. The summed E-state index contributed by atoms with van der Waals surface area (Å²) in [6, 6.07) is 4.71. The van der Waals surface area contributed by atoms with E-state index in [1.165, 1.54) is 12.1 Å². The first-order chi connectivity index (χ1) is 5.24. The van der Waals surface area contributed by atoms with Crippen LogP contribution < -0.4 is 5.73 Å². The van der Waals surface area contributed by atoms with Crippen LogP contribution in [0.15, 0.2) is 18.2 Å². The molecular weight excluding hydrogens is 166 g/mol. The fraction of sp³-hybridized carbons (Fsp3) is 0.250. The highest BCUT2D eigenvalue weighted by Gasteiger charge is 1.98. The summed E-state index contributed by atoms with van der Waals surface area (Å²) in [6.45, 7) is 0.546. The lowest BCUT2D eigenvalue weighted by atomic mass is 10.1. The van der Waals surface area contributed by atoms with Gasteiger partial charge in [-0.1, -0.05) is 6.07 Å². The summed E-state index contributed by atoms with van der Waals surface area (Å²) in [7, 11) is 0. The van der Waals surface area contributed by atoms with Crippen LogP contribution in [0.25, 0.3) is 0 Å². The van der Waals surface area contributed by atoms with Crippen molar-refractivity contribution < 1.29 is 10.2 Å². The van der Waals surface area contributed by atoms with Gasteiger partial charge in [0.2, 0.25) is 0 Å². The zero-order chi connectivity index (χ0) is 8.27. The Morgan fingerprint density at radius 3 is 2.33 bits per heavy atom. The summed E-state index contributed by atoms with van der Waals surface area (Å²) in [5.74, 6) is -0.179. The molecule has 4 heteroatoms. The van der Waals surface area contributed by atoms with Gasteiger partial charge in [-0.15, -0.1) is 0 Å². The summed E-state index contributed by atoms with van der Waals surface area (Å²) in [6.07, 6.45) is 0.716. The first-order valence-corrected chi connectivity index (χ1v) is 3.45. The summed E-state index contributed by atoms with van der Waals surface area (Å²) in [4.78, 5) is 0. The van der Waals surface area contributed by atoms with Crippen molar-refractivity contribution in [2.45, 2.75) is 6.42 Å². The first-order valence-electron chi connectivity index (χ1n) is 3.45. The second kappa shape index (κ2) is 5.24. The summed E-state index contributed by atoms with van der Waals surface area (Å²) >= 11 is 0. The maximum absolute atomic E-state index is 9.04. The van der Waals surface area contributed by atoms with Crippen LogP contribution in [0.3, 0.4) is 0 Å². The van der Waals surface area contributed by atoms with Crippen LogP contribution in [0.1, 0.15) is 5.56 Å². The molecule has 0 saturated carbocycles. The molecule has 0 amide bonds. The molecule has 0 aliphatic heterocycles. The van der Waals surface area contributed by atoms with Gasteiger partial charge in [-0.05, 0) is 30.7 Å². The molecular formula is C8H11MgNO2. The summed E-state index contributed by atoms with van der Waals surface area (Å²) in [5.41, 5.74) is 6.24. The fourth-order valence-electron chi connectivity index (χ4n) is 0.891. The van der Waals surface area contributed by atoms with Crippen molar-refractivity contribution in [1.82, 2.24) is 0 Å². The van der Waals surface area contributed by atoms with Crippen LogP contribution in [0.5, 0.6) is 11.5 Å². The van der Waals surface area contributed by atoms with Gasteiger partial charge in [-0.2, -0.15) is 0 Å². The van der Waals surface area contributed by atoms with Crippen molar-refractivity contribution in [3.63, 3.8) is 0 Å². The highest BCUT2D eigenvalue weighted by Crippen LogP contribution is 2.24. The topological polar surface area (TPSA) is 66.5 Å². The lowest BCUT2D eigenvalue weighted by Gasteiger charge is -2.00. The minimum Gasteiger partial charge on any atom is -0.504 e. The minimum atomic E-state index is -0.0919. The zero-order valence-electron chi connectivity index (χ0n) is 6.83. The first kappa shape index (κ1) is 11.5. The Morgan fingerprint density at radius 1 is 1.17 bits per heavy atom. The third kappa shape index (κ3) is 2.88. The Labute approximate surface area is 87.4 Å². The highest BCUT2D eigenvalue weighted by molar-refractivity contribution is 5.75.